The van der Waals surface area contributed by atoms with Gasteiger partial charge in [0, 0.05) is 13.6 Å². The summed E-state index contributed by atoms with van der Waals surface area (Å²) >= 11 is 6.23. The van der Waals surface area contributed by atoms with E-state index < -0.39 is 33.6 Å². The molecule has 4 aromatic rings. The molecule has 0 saturated carbocycles. The van der Waals surface area contributed by atoms with Crippen molar-refractivity contribution in [1.29, 1.82) is 0 Å². The molecule has 1 unspecified atom stereocenters. The second kappa shape index (κ2) is 12.0. The van der Waals surface area contributed by atoms with E-state index in [0.717, 1.165) is 6.07 Å². The Hall–Kier alpha value is -4.35. The Labute approximate surface area is 242 Å². The number of nitrogens with zero attached hydrogens (tertiary/aromatic N) is 3. The van der Waals surface area contributed by atoms with E-state index in [1.165, 1.54) is 28.0 Å². The van der Waals surface area contributed by atoms with Crippen molar-refractivity contribution in [3.63, 3.8) is 0 Å². The number of esters is 1. The number of nitrogens with one attached hydrogen (secondary N) is 1. The Kier molecular flexibility index (Phi) is 8.69. The minimum Gasteiger partial charge on any atom is -0.449 e. The van der Waals surface area contributed by atoms with Gasteiger partial charge in [-0.05, 0) is 63.2 Å². The lowest BCUT2D eigenvalue weighted by Gasteiger charge is -2.23. The molecule has 0 aliphatic heterocycles. The molecule has 10 nitrogen and oxygen atoms in total. The second-order valence-corrected chi connectivity index (χ2v) is 11.4. The first-order valence-electron chi connectivity index (χ1n) is 12.7. The minimum absolute atomic E-state index is 0.0379. The highest BCUT2D eigenvalue weighted by atomic mass is 35.5. The fourth-order valence-corrected chi connectivity index (χ4v) is 5.94. The Morgan fingerprint density at radius 2 is 1.63 bits per heavy atom. The summed E-state index contributed by atoms with van der Waals surface area (Å²) in [6.45, 7) is 4.85. The molecule has 0 spiro atoms. The highest BCUT2D eigenvalue weighted by molar-refractivity contribution is 7.92. The lowest BCUT2D eigenvalue weighted by atomic mass is 10.2. The van der Waals surface area contributed by atoms with E-state index in [-0.39, 0.29) is 27.7 Å². The molecule has 0 aliphatic rings. The molecule has 0 fully saturated rings. The van der Waals surface area contributed by atoms with Gasteiger partial charge in [-0.1, -0.05) is 48.0 Å². The average molecular weight is 597 g/mol. The van der Waals surface area contributed by atoms with Crippen LogP contribution in [0.1, 0.15) is 29.9 Å². The third-order valence-electron chi connectivity index (χ3n) is 6.53. The summed E-state index contributed by atoms with van der Waals surface area (Å²) in [6.07, 6.45) is -1.33. The van der Waals surface area contributed by atoms with Gasteiger partial charge in [-0.25, -0.2) is 17.9 Å². The first-order chi connectivity index (χ1) is 19.5. The molecular formula is C29H29ClN4O6S. The van der Waals surface area contributed by atoms with Gasteiger partial charge < -0.3 is 10.1 Å². The number of hydrogen-bond donors (Lipinski definition) is 1. The number of amides is 1. The monoisotopic (exact) mass is 596 g/mol. The van der Waals surface area contributed by atoms with E-state index in [4.69, 9.17) is 16.3 Å². The third-order valence-corrected chi connectivity index (χ3v) is 8.76. The smallest absolute Gasteiger partial charge is 0.340 e. The van der Waals surface area contributed by atoms with E-state index >= 15 is 0 Å². The second-order valence-electron chi connectivity index (χ2n) is 9.12. The predicted octanol–water partition coefficient (Wildman–Crippen LogP) is 4.54. The highest BCUT2D eigenvalue weighted by Gasteiger charge is 2.28. The van der Waals surface area contributed by atoms with Gasteiger partial charge in [0.15, 0.2) is 6.10 Å². The maximum Gasteiger partial charge on any atom is 0.340 e. The molecule has 41 heavy (non-hydrogen) atoms. The van der Waals surface area contributed by atoms with Gasteiger partial charge in [0.25, 0.3) is 21.5 Å². The van der Waals surface area contributed by atoms with E-state index in [1.807, 2.05) is 6.07 Å². The van der Waals surface area contributed by atoms with Crippen LogP contribution < -0.4 is 15.2 Å². The number of aromatic nitrogens is 2. The number of sulfonamides is 1. The summed E-state index contributed by atoms with van der Waals surface area (Å²) in [5.74, 6) is -1.74. The highest BCUT2D eigenvalue weighted by Crippen LogP contribution is 2.27. The Morgan fingerprint density at radius 1 is 1.02 bits per heavy atom. The van der Waals surface area contributed by atoms with Crippen molar-refractivity contribution >= 4 is 44.9 Å². The Balaban J connectivity index is 1.54. The zero-order valence-corrected chi connectivity index (χ0v) is 24.4. The van der Waals surface area contributed by atoms with Crippen molar-refractivity contribution in [2.45, 2.75) is 31.8 Å². The predicted molar refractivity (Wildman–Crippen MR) is 157 cm³/mol. The van der Waals surface area contributed by atoms with E-state index in [2.05, 4.69) is 5.32 Å². The maximum atomic E-state index is 13.4. The molecular weight excluding hydrogens is 568 g/mol. The largest absolute Gasteiger partial charge is 0.449 e. The molecule has 3 aromatic carbocycles. The van der Waals surface area contributed by atoms with Crippen LogP contribution in [0.4, 0.5) is 11.4 Å². The summed E-state index contributed by atoms with van der Waals surface area (Å²) < 4.78 is 36.4. The lowest BCUT2D eigenvalue weighted by Crippen LogP contribution is -2.32. The van der Waals surface area contributed by atoms with Gasteiger partial charge in [-0.15, -0.1) is 0 Å². The van der Waals surface area contributed by atoms with Crippen LogP contribution in [0.3, 0.4) is 0 Å². The van der Waals surface area contributed by atoms with E-state index in [9.17, 15) is 22.8 Å². The van der Waals surface area contributed by atoms with Crippen molar-refractivity contribution in [3.8, 4) is 5.69 Å². The maximum absolute atomic E-state index is 13.4. The van der Waals surface area contributed by atoms with Gasteiger partial charge in [0.2, 0.25) is 0 Å². The number of ether oxygens (including phenoxy) is 1. The van der Waals surface area contributed by atoms with Crippen LogP contribution >= 0.6 is 11.6 Å². The third kappa shape index (κ3) is 5.91. The number of benzene rings is 3. The molecule has 1 amide bonds. The van der Waals surface area contributed by atoms with Crippen LogP contribution in [0.2, 0.25) is 5.02 Å². The first-order valence-corrected chi connectivity index (χ1v) is 14.5. The molecule has 0 aliphatic carbocycles. The van der Waals surface area contributed by atoms with Gasteiger partial charge >= 0.3 is 5.97 Å². The molecule has 4 rings (SSSR count). The molecule has 1 aromatic heterocycles. The summed E-state index contributed by atoms with van der Waals surface area (Å²) in [5.41, 5.74) is 0.923. The van der Waals surface area contributed by atoms with E-state index in [1.54, 1.807) is 80.2 Å². The summed E-state index contributed by atoms with van der Waals surface area (Å²) in [5, 5.41) is 2.50. The van der Waals surface area contributed by atoms with Crippen molar-refractivity contribution in [2.24, 2.45) is 7.05 Å². The Bertz CT molecular complexity index is 1750. The number of para-hydroxylation sites is 2. The van der Waals surface area contributed by atoms with Crippen molar-refractivity contribution in [3.05, 3.63) is 105 Å². The summed E-state index contributed by atoms with van der Waals surface area (Å²) in [6, 6.07) is 21.2. The van der Waals surface area contributed by atoms with Crippen LogP contribution in [0.15, 0.2) is 88.6 Å². The van der Waals surface area contributed by atoms with Crippen LogP contribution in [0, 0.1) is 6.92 Å². The van der Waals surface area contributed by atoms with Crippen LogP contribution in [-0.4, -0.2) is 42.3 Å². The molecule has 1 heterocycles. The van der Waals surface area contributed by atoms with Crippen LogP contribution in [0.25, 0.3) is 5.69 Å². The molecule has 1 atom stereocenters. The number of anilines is 2. The molecule has 0 saturated heterocycles. The summed E-state index contributed by atoms with van der Waals surface area (Å²) in [4.78, 5) is 38.9. The van der Waals surface area contributed by atoms with Gasteiger partial charge in [-0.3, -0.25) is 18.6 Å². The average Bonchev–Trinajstić information content (AvgIpc) is 3.17. The van der Waals surface area contributed by atoms with Crippen molar-refractivity contribution in [2.75, 3.05) is 16.2 Å². The van der Waals surface area contributed by atoms with Gasteiger partial charge in [0.05, 0.1) is 32.6 Å². The zero-order chi connectivity index (χ0) is 29.9. The molecule has 12 heteroatoms. The molecule has 214 valence electrons. The van der Waals surface area contributed by atoms with Crippen LogP contribution in [-0.2, 0) is 26.6 Å². The number of hydrogen-bond acceptors (Lipinski definition) is 6. The summed E-state index contributed by atoms with van der Waals surface area (Å²) in [7, 11) is -2.36. The van der Waals surface area contributed by atoms with Crippen molar-refractivity contribution in [1.82, 2.24) is 9.36 Å². The Morgan fingerprint density at radius 3 is 2.24 bits per heavy atom. The zero-order valence-electron chi connectivity index (χ0n) is 22.9. The quantitative estimate of drug-likeness (QED) is 0.283. The molecule has 1 N–H and O–H groups in total. The van der Waals surface area contributed by atoms with Crippen LogP contribution in [0.5, 0.6) is 0 Å². The number of rotatable bonds is 9. The normalized spacial score (nSPS) is 12.0. The lowest BCUT2D eigenvalue weighted by molar-refractivity contribution is -0.123. The van der Waals surface area contributed by atoms with Crippen molar-refractivity contribution < 1.29 is 22.7 Å². The van der Waals surface area contributed by atoms with E-state index in [0.29, 0.717) is 17.1 Å². The standard InChI is InChI=1S/C29H29ClN4O6S/c1-5-33(21-12-8-6-9-13-21)41(38,39)23-16-17-25(30)24(18-23)29(37)40-20(3)27(35)31-26-19(2)32(4)34(28(26)36)22-14-10-7-11-15-22/h6-18,20H,5H2,1-4H3,(H,31,35). The SMILES string of the molecule is CCN(c1ccccc1)S(=O)(=O)c1ccc(Cl)c(C(=O)OC(C)C(=O)Nc2c(C)n(C)n(-c3ccccc3)c2=O)c1. The first kappa shape index (κ1) is 29.6. The fourth-order valence-electron chi connectivity index (χ4n) is 4.25. The number of halogens is 1. The van der Waals surface area contributed by atoms with Gasteiger partial charge in [0.1, 0.15) is 5.69 Å². The van der Waals surface area contributed by atoms with Gasteiger partial charge in [-0.2, -0.15) is 0 Å². The number of carbonyl (C=O) groups excluding carboxylic acids is 2. The fraction of sp³-hybridized carbons (Fsp3) is 0.207. The molecule has 0 bridgehead atoms. The number of carbonyl (C=O) groups is 2. The minimum atomic E-state index is -4.05. The molecule has 0 radical (unpaired) electrons. The topological polar surface area (TPSA) is 120 Å².